The molecule has 0 aromatic rings. The van der Waals surface area contributed by atoms with Crippen molar-refractivity contribution >= 4 is 0 Å². The van der Waals surface area contributed by atoms with Gasteiger partial charge in [0, 0.05) is 0 Å². The normalized spacial score (nSPS) is 53.0. The second kappa shape index (κ2) is 14.2. The van der Waals surface area contributed by atoms with E-state index in [9.17, 15) is 61.3 Å². The van der Waals surface area contributed by atoms with E-state index in [4.69, 9.17) is 23.7 Å². The molecule has 3 fully saturated rings. The third-order valence-electron chi connectivity index (χ3n) is 8.43. The SMILES string of the molecule is CC1O[C@H](O[C@H]2[C@H](O)[C@@H](O)[C@@H](O[C@@H]3C(CO)OC(O)[C@@H](O)[C@@H]3O)O[C@@H]2C)[C@@H](O)[C@H](O)[C@@H]1N[C@H]1C=C(CO)[C@@H](O)[C@H](O)[C@H]1O. The first-order valence-corrected chi connectivity index (χ1v) is 14.0. The van der Waals surface area contributed by atoms with Gasteiger partial charge in [0.2, 0.25) is 0 Å². The first kappa shape index (κ1) is 34.9. The van der Waals surface area contributed by atoms with Crippen molar-refractivity contribution in [3.8, 4) is 0 Å². The van der Waals surface area contributed by atoms with E-state index >= 15 is 0 Å². The maximum absolute atomic E-state index is 10.9. The van der Waals surface area contributed by atoms with Crippen molar-refractivity contribution in [3.63, 3.8) is 0 Å². The number of hydrogen-bond acceptors (Lipinski definition) is 18. The lowest BCUT2D eigenvalue weighted by Crippen LogP contribution is -2.68. The van der Waals surface area contributed by atoms with Gasteiger partial charge in [-0.05, 0) is 19.4 Å². The molecule has 250 valence electrons. The van der Waals surface area contributed by atoms with Crippen LogP contribution in [0.2, 0.25) is 0 Å². The Bertz CT molecular complexity index is 943. The van der Waals surface area contributed by atoms with E-state index in [2.05, 4.69) is 5.32 Å². The van der Waals surface area contributed by atoms with Crippen molar-refractivity contribution in [2.45, 2.75) is 130 Å². The lowest BCUT2D eigenvalue weighted by molar-refractivity contribution is -0.370. The Balaban J connectivity index is 1.39. The standard InChI is InChI=1S/C25H43NO17/c1-6-11(26-9-3-8(4-27)12(29)15(32)13(9)30)14(31)19(36)24(39-6)42-21-7(2)40-25(20(37)17(21)34)43-22-10(5-28)41-23(38)18(35)16(22)33/h3,6-7,9-38H,4-5H2,1-2H3/t6?,7-,9+,10?,11-,12-,13+,14-,15+,16+,17-,18+,19+,20-,21-,22-,23?,24-,25-/m1/s1. The lowest BCUT2D eigenvalue weighted by Gasteiger charge is -2.48. The number of ether oxygens (including phenoxy) is 5. The number of hydrogen-bond donors (Lipinski definition) is 13. The zero-order chi connectivity index (χ0) is 31.9. The molecule has 3 unspecified atom stereocenters. The van der Waals surface area contributed by atoms with Crippen LogP contribution in [0.3, 0.4) is 0 Å². The van der Waals surface area contributed by atoms with Gasteiger partial charge < -0.3 is 90.3 Å². The maximum atomic E-state index is 10.9. The second-order valence-electron chi connectivity index (χ2n) is 11.4. The van der Waals surface area contributed by atoms with Crippen LogP contribution < -0.4 is 5.32 Å². The van der Waals surface area contributed by atoms with Crippen LogP contribution in [0, 0.1) is 0 Å². The largest absolute Gasteiger partial charge is 0.394 e. The summed E-state index contributed by atoms with van der Waals surface area (Å²) in [4.78, 5) is 0. The van der Waals surface area contributed by atoms with Gasteiger partial charge in [0.1, 0.15) is 73.2 Å². The number of rotatable bonds is 8. The molecule has 18 heteroatoms. The highest BCUT2D eigenvalue weighted by Gasteiger charge is 2.52. The second-order valence-corrected chi connectivity index (χ2v) is 11.4. The van der Waals surface area contributed by atoms with E-state index < -0.39 is 130 Å². The van der Waals surface area contributed by atoms with E-state index in [1.54, 1.807) is 0 Å². The molecule has 4 aliphatic rings. The van der Waals surface area contributed by atoms with E-state index in [0.29, 0.717) is 0 Å². The summed E-state index contributed by atoms with van der Waals surface area (Å²) in [5.41, 5.74) is 0.0446. The smallest absolute Gasteiger partial charge is 0.187 e. The molecule has 18 nitrogen and oxygen atoms in total. The van der Waals surface area contributed by atoms with Crippen molar-refractivity contribution in [3.05, 3.63) is 11.6 Å². The van der Waals surface area contributed by atoms with Gasteiger partial charge in [0.15, 0.2) is 18.9 Å². The summed E-state index contributed by atoms with van der Waals surface area (Å²) >= 11 is 0. The summed E-state index contributed by atoms with van der Waals surface area (Å²) < 4.78 is 27.7. The van der Waals surface area contributed by atoms with Gasteiger partial charge in [-0.2, -0.15) is 0 Å². The molecular weight excluding hydrogens is 586 g/mol. The molecule has 0 amide bonds. The fraction of sp³-hybridized carbons (Fsp3) is 0.920. The first-order valence-electron chi connectivity index (χ1n) is 14.0. The van der Waals surface area contributed by atoms with Crippen molar-refractivity contribution < 1.29 is 85.0 Å². The first-order chi connectivity index (χ1) is 20.2. The Morgan fingerprint density at radius 3 is 1.81 bits per heavy atom. The van der Waals surface area contributed by atoms with Crippen LogP contribution in [0.5, 0.6) is 0 Å². The van der Waals surface area contributed by atoms with Crippen molar-refractivity contribution in [1.82, 2.24) is 5.32 Å². The molecule has 0 aromatic heterocycles. The van der Waals surface area contributed by atoms with Crippen LogP contribution in [0.1, 0.15) is 13.8 Å². The Morgan fingerprint density at radius 1 is 0.651 bits per heavy atom. The average Bonchev–Trinajstić information content (AvgIpc) is 2.98. The van der Waals surface area contributed by atoms with Gasteiger partial charge in [-0.15, -0.1) is 0 Å². The Morgan fingerprint density at radius 2 is 1.21 bits per heavy atom. The monoisotopic (exact) mass is 629 g/mol. The molecule has 3 aliphatic heterocycles. The summed E-state index contributed by atoms with van der Waals surface area (Å²) in [7, 11) is 0. The van der Waals surface area contributed by atoms with Gasteiger partial charge in [-0.1, -0.05) is 6.08 Å². The summed E-state index contributed by atoms with van der Waals surface area (Å²) in [6.07, 6.45) is -24.8. The van der Waals surface area contributed by atoms with Crippen molar-refractivity contribution in [1.29, 1.82) is 0 Å². The molecular formula is C25H43NO17. The quantitative estimate of drug-likeness (QED) is 0.111. The fourth-order valence-corrected chi connectivity index (χ4v) is 5.79. The number of aliphatic hydroxyl groups excluding tert-OH is 12. The van der Waals surface area contributed by atoms with E-state index in [0.717, 1.165) is 0 Å². The van der Waals surface area contributed by atoms with Gasteiger partial charge in [0.05, 0.1) is 37.5 Å². The summed E-state index contributed by atoms with van der Waals surface area (Å²) in [5, 5.41) is 126. The third kappa shape index (κ3) is 6.92. The van der Waals surface area contributed by atoms with Crippen LogP contribution >= 0.6 is 0 Å². The van der Waals surface area contributed by atoms with Crippen LogP contribution in [0.4, 0.5) is 0 Å². The Hall–Kier alpha value is -0.980. The number of nitrogens with one attached hydrogen (secondary N) is 1. The van der Waals surface area contributed by atoms with Gasteiger partial charge in [0.25, 0.3) is 0 Å². The highest BCUT2D eigenvalue weighted by Crippen LogP contribution is 2.32. The molecule has 0 spiro atoms. The minimum Gasteiger partial charge on any atom is -0.394 e. The van der Waals surface area contributed by atoms with Crippen LogP contribution in [0.25, 0.3) is 0 Å². The average molecular weight is 630 g/mol. The lowest BCUT2D eigenvalue weighted by atomic mass is 9.86. The molecule has 3 saturated heterocycles. The Kier molecular flexibility index (Phi) is 11.5. The topological polar surface area (TPSA) is 301 Å². The minimum absolute atomic E-state index is 0.0446. The van der Waals surface area contributed by atoms with E-state index in [1.807, 2.05) is 0 Å². The predicted molar refractivity (Wildman–Crippen MR) is 136 cm³/mol. The highest BCUT2D eigenvalue weighted by molar-refractivity contribution is 5.22. The molecule has 0 bridgehead atoms. The molecule has 0 saturated carbocycles. The van der Waals surface area contributed by atoms with Gasteiger partial charge in [-0.25, -0.2) is 0 Å². The van der Waals surface area contributed by atoms with Gasteiger partial charge in [-0.3, -0.25) is 0 Å². The van der Waals surface area contributed by atoms with E-state index in [1.165, 1.54) is 19.9 Å². The maximum Gasteiger partial charge on any atom is 0.187 e. The van der Waals surface area contributed by atoms with Gasteiger partial charge >= 0.3 is 0 Å². The highest BCUT2D eigenvalue weighted by atomic mass is 16.7. The number of aliphatic hydroxyl groups is 12. The molecule has 0 aromatic carbocycles. The molecule has 1 aliphatic carbocycles. The molecule has 3 heterocycles. The third-order valence-corrected chi connectivity index (χ3v) is 8.43. The Labute approximate surface area is 245 Å². The predicted octanol–water partition coefficient (Wildman–Crippen LogP) is -7.54. The van der Waals surface area contributed by atoms with Crippen LogP contribution in [0.15, 0.2) is 11.6 Å². The molecule has 19 atom stereocenters. The van der Waals surface area contributed by atoms with Crippen molar-refractivity contribution in [2.24, 2.45) is 0 Å². The summed E-state index contributed by atoms with van der Waals surface area (Å²) in [5.74, 6) is 0. The molecule has 4 rings (SSSR count). The van der Waals surface area contributed by atoms with Crippen LogP contribution in [-0.2, 0) is 23.7 Å². The fourth-order valence-electron chi connectivity index (χ4n) is 5.79. The molecule has 13 N–H and O–H groups in total. The molecule has 0 radical (unpaired) electrons. The van der Waals surface area contributed by atoms with Crippen molar-refractivity contribution in [2.75, 3.05) is 13.2 Å². The minimum atomic E-state index is -1.82. The summed E-state index contributed by atoms with van der Waals surface area (Å²) in [6, 6.07) is -2.08. The molecule has 43 heavy (non-hydrogen) atoms. The zero-order valence-corrected chi connectivity index (χ0v) is 23.4. The van der Waals surface area contributed by atoms with E-state index in [-0.39, 0.29) is 5.57 Å². The zero-order valence-electron chi connectivity index (χ0n) is 23.4. The van der Waals surface area contributed by atoms with Crippen LogP contribution in [-0.4, -0.2) is 191 Å². The summed E-state index contributed by atoms with van der Waals surface area (Å²) in [6.45, 7) is 1.62.